The molecule has 6 heteroatoms. The van der Waals surface area contributed by atoms with Gasteiger partial charge in [0.15, 0.2) is 0 Å². The summed E-state index contributed by atoms with van der Waals surface area (Å²) in [6.45, 7) is 2.20. The second-order valence-electron chi connectivity index (χ2n) is 4.00. The number of rotatable bonds is 3. The summed E-state index contributed by atoms with van der Waals surface area (Å²) in [7, 11) is 0. The van der Waals surface area contributed by atoms with E-state index in [1.54, 1.807) is 0 Å². The first kappa shape index (κ1) is 10.9. The zero-order valence-corrected chi connectivity index (χ0v) is 9.03. The Morgan fingerprint density at radius 1 is 1.75 bits per heavy atom. The highest BCUT2D eigenvalue weighted by molar-refractivity contribution is 5.92. The number of amides is 1. The van der Waals surface area contributed by atoms with Crippen molar-refractivity contribution in [2.45, 2.75) is 12.8 Å². The van der Waals surface area contributed by atoms with Crippen LogP contribution < -0.4 is 11.1 Å². The molecule has 6 nitrogen and oxygen atoms in total. The number of aromatic amines is 1. The second kappa shape index (κ2) is 4.98. The van der Waals surface area contributed by atoms with Crippen molar-refractivity contribution >= 4 is 11.7 Å². The molecule has 1 atom stereocenters. The standard InChI is InChI=1S/C10H16N4O2/c11-9-4-8(13-14-9)10(15)12-5-7-2-1-3-16-6-7/h4,7H,1-3,5-6H2,(H,12,15)(H3,11,13,14)/t7-/m1/s1. The molecule has 2 rings (SSSR count). The molecule has 1 aromatic rings. The minimum absolute atomic E-state index is 0.172. The Kier molecular flexibility index (Phi) is 3.40. The van der Waals surface area contributed by atoms with Crippen molar-refractivity contribution in [3.8, 4) is 0 Å². The molecule has 16 heavy (non-hydrogen) atoms. The van der Waals surface area contributed by atoms with Crippen LogP contribution in [0.4, 0.5) is 5.82 Å². The summed E-state index contributed by atoms with van der Waals surface area (Å²) in [5.74, 6) is 0.568. The Morgan fingerprint density at radius 3 is 3.25 bits per heavy atom. The van der Waals surface area contributed by atoms with Crippen LogP contribution in [0.15, 0.2) is 6.07 Å². The molecule has 1 aliphatic rings. The van der Waals surface area contributed by atoms with E-state index in [1.165, 1.54) is 6.07 Å². The van der Waals surface area contributed by atoms with Crippen molar-refractivity contribution in [3.63, 3.8) is 0 Å². The van der Waals surface area contributed by atoms with Gasteiger partial charge in [-0.2, -0.15) is 5.10 Å². The number of carbonyl (C=O) groups is 1. The van der Waals surface area contributed by atoms with E-state index in [0.717, 1.165) is 26.1 Å². The van der Waals surface area contributed by atoms with Crippen LogP contribution in [0, 0.1) is 5.92 Å². The van der Waals surface area contributed by atoms with Gasteiger partial charge >= 0.3 is 0 Å². The molecule has 0 bridgehead atoms. The highest BCUT2D eigenvalue weighted by Crippen LogP contribution is 2.12. The number of carbonyl (C=O) groups excluding carboxylic acids is 1. The summed E-state index contributed by atoms with van der Waals surface area (Å²) in [6.07, 6.45) is 2.17. The minimum Gasteiger partial charge on any atom is -0.382 e. The van der Waals surface area contributed by atoms with E-state index in [1.807, 2.05) is 0 Å². The average molecular weight is 224 g/mol. The van der Waals surface area contributed by atoms with Crippen molar-refractivity contribution in [2.24, 2.45) is 5.92 Å². The Morgan fingerprint density at radius 2 is 2.62 bits per heavy atom. The lowest BCUT2D eigenvalue weighted by atomic mass is 10.0. The molecule has 1 amide bonds. The minimum atomic E-state index is -0.172. The third kappa shape index (κ3) is 2.73. The highest BCUT2D eigenvalue weighted by Gasteiger charge is 2.15. The zero-order chi connectivity index (χ0) is 11.4. The first-order valence-corrected chi connectivity index (χ1v) is 5.42. The number of H-pyrrole nitrogens is 1. The molecule has 1 aromatic heterocycles. The fraction of sp³-hybridized carbons (Fsp3) is 0.600. The van der Waals surface area contributed by atoms with E-state index in [9.17, 15) is 4.79 Å². The van der Waals surface area contributed by atoms with E-state index >= 15 is 0 Å². The SMILES string of the molecule is Nc1cc(C(=O)NC[C@H]2CCCOC2)[nH]n1. The lowest BCUT2D eigenvalue weighted by Gasteiger charge is -2.21. The number of nitrogens with zero attached hydrogens (tertiary/aromatic N) is 1. The van der Waals surface area contributed by atoms with Gasteiger partial charge in [-0.05, 0) is 18.8 Å². The Labute approximate surface area is 93.5 Å². The number of nitrogens with two attached hydrogens (primary N) is 1. The molecule has 0 aromatic carbocycles. The van der Waals surface area contributed by atoms with Gasteiger partial charge in [-0.1, -0.05) is 0 Å². The van der Waals surface area contributed by atoms with Gasteiger partial charge in [-0.15, -0.1) is 0 Å². The topological polar surface area (TPSA) is 93.0 Å². The van der Waals surface area contributed by atoms with Gasteiger partial charge in [0.25, 0.3) is 5.91 Å². The van der Waals surface area contributed by atoms with E-state index in [-0.39, 0.29) is 5.91 Å². The summed E-state index contributed by atoms with van der Waals surface area (Å²) in [5.41, 5.74) is 5.81. The molecule has 1 saturated heterocycles. The first-order valence-electron chi connectivity index (χ1n) is 5.42. The van der Waals surface area contributed by atoms with Crippen LogP contribution in [-0.2, 0) is 4.74 Å². The molecule has 0 saturated carbocycles. The number of ether oxygens (including phenoxy) is 1. The Balaban J connectivity index is 1.79. The fourth-order valence-electron chi connectivity index (χ4n) is 1.75. The molecule has 1 aliphatic heterocycles. The lowest BCUT2D eigenvalue weighted by Crippen LogP contribution is -2.33. The van der Waals surface area contributed by atoms with E-state index in [4.69, 9.17) is 10.5 Å². The maximum atomic E-state index is 11.6. The second-order valence-corrected chi connectivity index (χ2v) is 4.00. The Hall–Kier alpha value is -1.56. The van der Waals surface area contributed by atoms with Crippen LogP contribution >= 0.6 is 0 Å². The highest BCUT2D eigenvalue weighted by atomic mass is 16.5. The van der Waals surface area contributed by atoms with Gasteiger partial charge in [0.05, 0.1) is 6.61 Å². The third-order valence-electron chi connectivity index (χ3n) is 2.65. The van der Waals surface area contributed by atoms with E-state index in [2.05, 4.69) is 15.5 Å². The molecule has 4 N–H and O–H groups in total. The van der Waals surface area contributed by atoms with Gasteiger partial charge in [0.2, 0.25) is 0 Å². The molecule has 0 spiro atoms. The van der Waals surface area contributed by atoms with Crippen molar-refractivity contribution in [1.82, 2.24) is 15.5 Å². The number of anilines is 1. The molecule has 1 fully saturated rings. The molecule has 0 aliphatic carbocycles. The van der Waals surface area contributed by atoms with Gasteiger partial charge < -0.3 is 15.8 Å². The van der Waals surface area contributed by atoms with Crippen LogP contribution in [0.1, 0.15) is 23.3 Å². The average Bonchev–Trinajstić information content (AvgIpc) is 2.74. The Bertz CT molecular complexity index is 357. The van der Waals surface area contributed by atoms with Crippen molar-refractivity contribution in [2.75, 3.05) is 25.5 Å². The van der Waals surface area contributed by atoms with E-state index < -0.39 is 0 Å². The van der Waals surface area contributed by atoms with Crippen molar-refractivity contribution < 1.29 is 9.53 Å². The third-order valence-corrected chi connectivity index (χ3v) is 2.65. The molecule has 88 valence electrons. The number of hydrogen-bond acceptors (Lipinski definition) is 4. The van der Waals surface area contributed by atoms with Gasteiger partial charge in [-0.3, -0.25) is 9.89 Å². The summed E-state index contributed by atoms with van der Waals surface area (Å²) < 4.78 is 5.33. The predicted octanol–water partition coefficient (Wildman–Crippen LogP) is 0.148. The number of hydrogen-bond donors (Lipinski definition) is 3. The first-order chi connectivity index (χ1) is 7.75. The van der Waals surface area contributed by atoms with E-state index in [0.29, 0.717) is 24.0 Å². The van der Waals surface area contributed by atoms with Gasteiger partial charge in [0.1, 0.15) is 11.5 Å². The fourth-order valence-corrected chi connectivity index (χ4v) is 1.75. The maximum Gasteiger partial charge on any atom is 0.269 e. The molecular formula is C10H16N4O2. The largest absolute Gasteiger partial charge is 0.382 e. The number of aromatic nitrogens is 2. The van der Waals surface area contributed by atoms with Crippen LogP contribution in [0.2, 0.25) is 0 Å². The van der Waals surface area contributed by atoms with Crippen LogP contribution in [0.3, 0.4) is 0 Å². The predicted molar refractivity (Wildman–Crippen MR) is 58.9 cm³/mol. The summed E-state index contributed by atoms with van der Waals surface area (Å²) in [4.78, 5) is 11.6. The van der Waals surface area contributed by atoms with Crippen molar-refractivity contribution in [3.05, 3.63) is 11.8 Å². The quantitative estimate of drug-likeness (QED) is 0.681. The molecular weight excluding hydrogens is 208 g/mol. The van der Waals surface area contributed by atoms with Crippen LogP contribution in [-0.4, -0.2) is 35.9 Å². The smallest absolute Gasteiger partial charge is 0.269 e. The lowest BCUT2D eigenvalue weighted by molar-refractivity contribution is 0.0535. The molecule has 0 radical (unpaired) electrons. The van der Waals surface area contributed by atoms with Crippen molar-refractivity contribution in [1.29, 1.82) is 0 Å². The summed E-state index contributed by atoms with van der Waals surface area (Å²) >= 11 is 0. The van der Waals surface area contributed by atoms with Crippen LogP contribution in [0.5, 0.6) is 0 Å². The normalized spacial score (nSPS) is 20.6. The van der Waals surface area contributed by atoms with Crippen LogP contribution in [0.25, 0.3) is 0 Å². The monoisotopic (exact) mass is 224 g/mol. The van der Waals surface area contributed by atoms with Gasteiger partial charge in [0, 0.05) is 19.2 Å². The number of nitrogen functional groups attached to an aromatic ring is 1. The summed E-state index contributed by atoms with van der Waals surface area (Å²) in [6, 6.07) is 1.52. The van der Waals surface area contributed by atoms with Gasteiger partial charge in [-0.25, -0.2) is 0 Å². The summed E-state index contributed by atoms with van der Waals surface area (Å²) in [5, 5.41) is 9.11. The molecule has 2 heterocycles. The maximum absolute atomic E-state index is 11.6. The number of nitrogens with one attached hydrogen (secondary N) is 2. The zero-order valence-electron chi connectivity index (χ0n) is 9.03. The molecule has 0 unspecified atom stereocenters.